The van der Waals surface area contributed by atoms with E-state index in [0.717, 1.165) is 12.8 Å². The highest BCUT2D eigenvalue weighted by molar-refractivity contribution is 4.82. The molecule has 1 saturated carbocycles. The van der Waals surface area contributed by atoms with Gasteiger partial charge in [-0.15, -0.1) is 0 Å². The molecule has 0 aliphatic heterocycles. The lowest BCUT2D eigenvalue weighted by molar-refractivity contribution is -0.383. The van der Waals surface area contributed by atoms with Gasteiger partial charge in [-0.2, -0.15) is 0 Å². The molecular formula is C12H24O3. The molecule has 15 heavy (non-hydrogen) atoms. The second-order valence-electron chi connectivity index (χ2n) is 5.15. The molecule has 0 amide bonds. The van der Waals surface area contributed by atoms with Crippen LogP contribution in [0, 0.1) is 11.3 Å². The summed E-state index contributed by atoms with van der Waals surface area (Å²) in [5, 5.41) is 0. The molecule has 0 unspecified atom stereocenters. The number of hydrogen-bond acceptors (Lipinski definition) is 3. The average Bonchev–Trinajstić information content (AvgIpc) is 2.23. The van der Waals surface area contributed by atoms with Gasteiger partial charge in [-0.25, -0.2) is 0 Å². The Morgan fingerprint density at radius 3 is 1.67 bits per heavy atom. The molecule has 1 fully saturated rings. The first-order valence-electron chi connectivity index (χ1n) is 5.65. The summed E-state index contributed by atoms with van der Waals surface area (Å²) in [5.74, 6) is -0.498. The first-order chi connectivity index (χ1) is 6.99. The molecule has 3 nitrogen and oxygen atoms in total. The number of ether oxygens (including phenoxy) is 3. The van der Waals surface area contributed by atoms with Crippen LogP contribution in [0.3, 0.4) is 0 Å². The van der Waals surface area contributed by atoms with Crippen molar-refractivity contribution in [2.45, 2.75) is 45.5 Å². The lowest BCUT2D eigenvalue weighted by Gasteiger charge is -2.42. The molecule has 0 spiro atoms. The molecular weight excluding hydrogens is 192 g/mol. The van der Waals surface area contributed by atoms with E-state index >= 15 is 0 Å². The van der Waals surface area contributed by atoms with Crippen LogP contribution in [0.25, 0.3) is 0 Å². The van der Waals surface area contributed by atoms with E-state index in [-0.39, 0.29) is 0 Å². The minimum Gasteiger partial charge on any atom is -0.331 e. The topological polar surface area (TPSA) is 27.7 Å². The third kappa shape index (κ3) is 2.71. The van der Waals surface area contributed by atoms with Crippen LogP contribution < -0.4 is 0 Å². The van der Waals surface area contributed by atoms with Gasteiger partial charge in [0.25, 0.3) is 5.97 Å². The van der Waals surface area contributed by atoms with Crippen LogP contribution in [0.15, 0.2) is 0 Å². The van der Waals surface area contributed by atoms with E-state index in [1.807, 2.05) is 0 Å². The third-order valence-corrected chi connectivity index (χ3v) is 3.69. The molecule has 0 aromatic heterocycles. The van der Waals surface area contributed by atoms with Gasteiger partial charge in [0.05, 0.1) is 0 Å². The summed E-state index contributed by atoms with van der Waals surface area (Å²) >= 11 is 0. The fourth-order valence-electron chi connectivity index (χ4n) is 2.50. The van der Waals surface area contributed by atoms with Gasteiger partial charge < -0.3 is 14.2 Å². The Kier molecular flexibility index (Phi) is 4.15. The smallest absolute Gasteiger partial charge is 0.285 e. The Hall–Kier alpha value is -0.120. The zero-order valence-corrected chi connectivity index (χ0v) is 10.6. The van der Waals surface area contributed by atoms with Crippen LogP contribution in [0.2, 0.25) is 0 Å². The number of hydrogen-bond donors (Lipinski definition) is 0. The fraction of sp³-hybridized carbons (Fsp3) is 1.00. The van der Waals surface area contributed by atoms with E-state index in [4.69, 9.17) is 14.2 Å². The van der Waals surface area contributed by atoms with Crippen LogP contribution in [0.4, 0.5) is 0 Å². The minimum atomic E-state index is -0.837. The average molecular weight is 216 g/mol. The Labute approximate surface area is 93.1 Å². The van der Waals surface area contributed by atoms with Crippen LogP contribution >= 0.6 is 0 Å². The molecule has 0 saturated heterocycles. The van der Waals surface area contributed by atoms with Crippen LogP contribution in [-0.4, -0.2) is 27.3 Å². The minimum absolute atomic E-state index is 0.338. The van der Waals surface area contributed by atoms with Crippen LogP contribution in [-0.2, 0) is 14.2 Å². The van der Waals surface area contributed by atoms with Crippen molar-refractivity contribution in [1.82, 2.24) is 0 Å². The fourth-order valence-corrected chi connectivity index (χ4v) is 2.50. The maximum absolute atomic E-state index is 5.40. The van der Waals surface area contributed by atoms with E-state index in [1.165, 1.54) is 12.8 Å². The number of rotatable bonds is 4. The van der Waals surface area contributed by atoms with Gasteiger partial charge in [-0.1, -0.05) is 13.8 Å². The molecule has 0 N–H and O–H groups in total. The van der Waals surface area contributed by atoms with Crippen molar-refractivity contribution in [3.8, 4) is 0 Å². The van der Waals surface area contributed by atoms with Crippen molar-refractivity contribution in [3.63, 3.8) is 0 Å². The summed E-state index contributed by atoms with van der Waals surface area (Å²) < 4.78 is 16.2. The molecule has 0 aromatic carbocycles. The van der Waals surface area contributed by atoms with Crippen molar-refractivity contribution in [1.29, 1.82) is 0 Å². The Morgan fingerprint density at radius 2 is 1.33 bits per heavy atom. The largest absolute Gasteiger partial charge is 0.331 e. The molecule has 1 rings (SSSR count). The maximum atomic E-state index is 5.40. The van der Waals surface area contributed by atoms with E-state index in [1.54, 1.807) is 21.3 Å². The van der Waals surface area contributed by atoms with Crippen LogP contribution in [0.1, 0.15) is 39.5 Å². The summed E-state index contributed by atoms with van der Waals surface area (Å²) in [7, 11) is 4.94. The zero-order chi connectivity index (χ0) is 11.5. The lowest BCUT2D eigenvalue weighted by atomic mass is 9.72. The van der Waals surface area contributed by atoms with Crippen molar-refractivity contribution >= 4 is 0 Å². The van der Waals surface area contributed by atoms with Crippen molar-refractivity contribution in [2.75, 3.05) is 21.3 Å². The summed E-state index contributed by atoms with van der Waals surface area (Å²) in [6.45, 7) is 4.63. The second kappa shape index (κ2) is 4.81. The first kappa shape index (κ1) is 12.9. The highest BCUT2D eigenvalue weighted by atomic mass is 16.9. The molecule has 0 heterocycles. The summed E-state index contributed by atoms with van der Waals surface area (Å²) in [6.07, 6.45) is 4.61. The quantitative estimate of drug-likeness (QED) is 0.676. The monoisotopic (exact) mass is 216 g/mol. The van der Waals surface area contributed by atoms with E-state index in [0.29, 0.717) is 11.3 Å². The zero-order valence-electron chi connectivity index (χ0n) is 10.6. The normalized spacial score (nSPS) is 23.0. The Balaban J connectivity index is 2.64. The van der Waals surface area contributed by atoms with Gasteiger partial charge >= 0.3 is 0 Å². The second-order valence-corrected chi connectivity index (χ2v) is 5.15. The third-order valence-electron chi connectivity index (χ3n) is 3.69. The molecule has 0 bridgehead atoms. The van der Waals surface area contributed by atoms with Crippen molar-refractivity contribution in [2.24, 2.45) is 11.3 Å². The molecule has 90 valence electrons. The van der Waals surface area contributed by atoms with Gasteiger partial charge in [0, 0.05) is 27.2 Å². The van der Waals surface area contributed by atoms with E-state index < -0.39 is 5.97 Å². The molecule has 0 radical (unpaired) electrons. The standard InChI is InChI=1S/C12H24O3/c1-11(2)8-6-10(7-9-11)12(13-3,14-4)15-5/h10H,6-9H2,1-5H3. The summed E-state index contributed by atoms with van der Waals surface area (Å²) in [4.78, 5) is 0. The van der Waals surface area contributed by atoms with Crippen molar-refractivity contribution in [3.05, 3.63) is 0 Å². The van der Waals surface area contributed by atoms with Crippen molar-refractivity contribution < 1.29 is 14.2 Å². The predicted molar refractivity (Wildman–Crippen MR) is 59.5 cm³/mol. The molecule has 1 aliphatic carbocycles. The lowest BCUT2D eigenvalue weighted by Crippen LogP contribution is -2.46. The van der Waals surface area contributed by atoms with E-state index in [9.17, 15) is 0 Å². The molecule has 3 heteroatoms. The molecule has 1 aliphatic rings. The predicted octanol–water partition coefficient (Wildman–Crippen LogP) is 2.80. The van der Waals surface area contributed by atoms with Gasteiger partial charge in [0.1, 0.15) is 0 Å². The van der Waals surface area contributed by atoms with Gasteiger partial charge in [-0.3, -0.25) is 0 Å². The molecule has 0 aromatic rings. The van der Waals surface area contributed by atoms with E-state index in [2.05, 4.69) is 13.8 Å². The summed E-state index contributed by atoms with van der Waals surface area (Å²) in [5.41, 5.74) is 0.456. The number of methoxy groups -OCH3 is 3. The Bertz CT molecular complexity index is 179. The Morgan fingerprint density at radius 1 is 0.933 bits per heavy atom. The van der Waals surface area contributed by atoms with Crippen LogP contribution in [0.5, 0.6) is 0 Å². The van der Waals surface area contributed by atoms with Gasteiger partial charge in [-0.05, 0) is 31.1 Å². The van der Waals surface area contributed by atoms with Gasteiger partial charge in [0.15, 0.2) is 0 Å². The maximum Gasteiger partial charge on any atom is 0.285 e. The summed E-state index contributed by atoms with van der Waals surface area (Å²) in [6, 6.07) is 0. The molecule has 0 atom stereocenters. The SMILES string of the molecule is COC(OC)(OC)C1CCC(C)(C)CC1. The highest BCUT2D eigenvalue weighted by Crippen LogP contribution is 2.43. The highest BCUT2D eigenvalue weighted by Gasteiger charge is 2.43. The van der Waals surface area contributed by atoms with Gasteiger partial charge in [0.2, 0.25) is 0 Å². The first-order valence-corrected chi connectivity index (χ1v) is 5.65.